The summed E-state index contributed by atoms with van der Waals surface area (Å²) in [5, 5.41) is 0. The second-order valence-corrected chi connectivity index (χ2v) is 4.64. The molecule has 1 unspecified atom stereocenters. The second-order valence-electron chi connectivity index (χ2n) is 4.64. The molecule has 0 saturated heterocycles. The summed E-state index contributed by atoms with van der Waals surface area (Å²) >= 11 is 0. The Bertz CT molecular complexity index is 352. The minimum atomic E-state index is -0.0597. The van der Waals surface area contributed by atoms with Crippen LogP contribution in [0.2, 0.25) is 0 Å². The third-order valence-corrected chi connectivity index (χ3v) is 2.98. The van der Waals surface area contributed by atoms with Crippen LogP contribution in [0.3, 0.4) is 0 Å². The molecule has 18 heavy (non-hydrogen) atoms. The van der Waals surface area contributed by atoms with Gasteiger partial charge in [-0.2, -0.15) is 0 Å². The summed E-state index contributed by atoms with van der Waals surface area (Å²) in [6.45, 7) is 8.89. The first-order valence-electron chi connectivity index (χ1n) is 6.63. The molecule has 1 atom stereocenters. The van der Waals surface area contributed by atoms with Gasteiger partial charge in [0.1, 0.15) is 0 Å². The second kappa shape index (κ2) is 8.25. The van der Waals surface area contributed by atoms with E-state index < -0.39 is 0 Å². The first kappa shape index (κ1) is 15.2. The van der Waals surface area contributed by atoms with Crippen LogP contribution in [0.1, 0.15) is 36.1 Å². The van der Waals surface area contributed by atoms with Crippen molar-refractivity contribution < 1.29 is 9.47 Å². The van der Waals surface area contributed by atoms with Crippen LogP contribution in [-0.4, -0.2) is 26.4 Å². The number of hydrogen-bond donors (Lipinski definition) is 1. The average molecular weight is 251 g/mol. The van der Waals surface area contributed by atoms with E-state index in [-0.39, 0.29) is 6.04 Å². The minimum absolute atomic E-state index is 0.0597. The van der Waals surface area contributed by atoms with E-state index in [1.54, 1.807) is 0 Å². The molecule has 102 valence electrons. The summed E-state index contributed by atoms with van der Waals surface area (Å²) < 4.78 is 10.9. The Labute approximate surface area is 110 Å². The number of nitrogens with two attached hydrogens (primary N) is 1. The van der Waals surface area contributed by atoms with E-state index >= 15 is 0 Å². The molecule has 1 aromatic carbocycles. The molecular weight excluding hydrogens is 226 g/mol. The molecule has 0 aromatic heterocycles. The zero-order valence-electron chi connectivity index (χ0n) is 11.7. The molecule has 0 aliphatic rings. The Morgan fingerprint density at radius 3 is 2.44 bits per heavy atom. The van der Waals surface area contributed by atoms with Crippen LogP contribution in [0.25, 0.3) is 0 Å². The Kier molecular flexibility index (Phi) is 6.94. The van der Waals surface area contributed by atoms with Gasteiger partial charge in [-0.25, -0.2) is 0 Å². The number of hydrogen-bond acceptors (Lipinski definition) is 3. The molecule has 3 nitrogen and oxygen atoms in total. The molecule has 0 spiro atoms. The van der Waals surface area contributed by atoms with E-state index in [0.29, 0.717) is 19.8 Å². The Balaban J connectivity index is 2.27. The summed E-state index contributed by atoms with van der Waals surface area (Å²) in [7, 11) is 0. The van der Waals surface area contributed by atoms with E-state index in [1.807, 2.05) is 0 Å². The monoisotopic (exact) mass is 251 g/mol. The molecule has 1 aromatic rings. The van der Waals surface area contributed by atoms with Crippen LogP contribution in [-0.2, 0) is 9.47 Å². The summed E-state index contributed by atoms with van der Waals surface area (Å²) in [6.07, 6.45) is 1.04. The summed E-state index contributed by atoms with van der Waals surface area (Å²) in [4.78, 5) is 0. The lowest BCUT2D eigenvalue weighted by atomic mass is 10.0. The van der Waals surface area contributed by atoms with Gasteiger partial charge in [0.2, 0.25) is 0 Å². The zero-order valence-corrected chi connectivity index (χ0v) is 11.7. The fourth-order valence-electron chi connectivity index (χ4n) is 1.67. The topological polar surface area (TPSA) is 44.5 Å². The standard InChI is InChI=1S/C15H25NO2/c1-4-7-17-8-9-18-11-15(16)14-6-5-12(2)13(3)10-14/h5-6,10,15H,4,7-9,11,16H2,1-3H3. The molecule has 2 N–H and O–H groups in total. The van der Waals surface area contributed by atoms with Crippen LogP contribution >= 0.6 is 0 Å². The van der Waals surface area contributed by atoms with Gasteiger partial charge in [0.05, 0.1) is 25.9 Å². The SMILES string of the molecule is CCCOCCOCC(N)c1ccc(C)c(C)c1. The van der Waals surface area contributed by atoms with E-state index in [2.05, 4.69) is 39.0 Å². The number of aryl methyl sites for hydroxylation is 2. The van der Waals surface area contributed by atoms with Crippen LogP contribution < -0.4 is 5.73 Å². The highest BCUT2D eigenvalue weighted by molar-refractivity contribution is 5.31. The highest BCUT2D eigenvalue weighted by Crippen LogP contribution is 2.15. The Hall–Kier alpha value is -0.900. The molecule has 0 bridgehead atoms. The van der Waals surface area contributed by atoms with Crippen molar-refractivity contribution in [3.63, 3.8) is 0 Å². The number of ether oxygens (including phenoxy) is 2. The van der Waals surface area contributed by atoms with Gasteiger partial charge in [-0.3, -0.25) is 0 Å². The van der Waals surface area contributed by atoms with Crippen LogP contribution in [0.15, 0.2) is 18.2 Å². The number of rotatable bonds is 8. The molecular formula is C15H25NO2. The molecule has 3 heteroatoms. The van der Waals surface area contributed by atoms with E-state index in [4.69, 9.17) is 15.2 Å². The van der Waals surface area contributed by atoms with E-state index in [9.17, 15) is 0 Å². The summed E-state index contributed by atoms with van der Waals surface area (Å²) in [5.74, 6) is 0. The van der Waals surface area contributed by atoms with Crippen LogP contribution in [0, 0.1) is 13.8 Å². The maximum atomic E-state index is 6.09. The third-order valence-electron chi connectivity index (χ3n) is 2.98. The van der Waals surface area contributed by atoms with E-state index in [0.717, 1.165) is 18.6 Å². The van der Waals surface area contributed by atoms with Crippen molar-refractivity contribution in [3.05, 3.63) is 34.9 Å². The van der Waals surface area contributed by atoms with Crippen molar-refractivity contribution in [2.75, 3.05) is 26.4 Å². The molecule has 0 aliphatic heterocycles. The molecule has 0 saturated carbocycles. The van der Waals surface area contributed by atoms with Crippen molar-refractivity contribution in [2.45, 2.75) is 33.2 Å². The van der Waals surface area contributed by atoms with Gasteiger partial charge < -0.3 is 15.2 Å². The van der Waals surface area contributed by atoms with Crippen molar-refractivity contribution >= 4 is 0 Å². The minimum Gasteiger partial charge on any atom is -0.379 e. The predicted molar refractivity (Wildman–Crippen MR) is 74.8 cm³/mol. The van der Waals surface area contributed by atoms with Gasteiger partial charge in [-0.05, 0) is 37.0 Å². The maximum absolute atomic E-state index is 6.09. The smallest absolute Gasteiger partial charge is 0.0701 e. The Morgan fingerprint density at radius 1 is 1.06 bits per heavy atom. The van der Waals surface area contributed by atoms with Gasteiger partial charge >= 0.3 is 0 Å². The lowest BCUT2D eigenvalue weighted by molar-refractivity contribution is 0.0428. The quantitative estimate of drug-likeness (QED) is 0.723. The van der Waals surface area contributed by atoms with Crippen LogP contribution in [0.5, 0.6) is 0 Å². The highest BCUT2D eigenvalue weighted by atomic mass is 16.5. The summed E-state index contributed by atoms with van der Waals surface area (Å²) in [6, 6.07) is 6.26. The lowest BCUT2D eigenvalue weighted by Gasteiger charge is -2.14. The van der Waals surface area contributed by atoms with Gasteiger partial charge in [-0.15, -0.1) is 0 Å². The van der Waals surface area contributed by atoms with Crippen molar-refractivity contribution in [3.8, 4) is 0 Å². The average Bonchev–Trinajstić information content (AvgIpc) is 2.36. The molecule has 0 fully saturated rings. The zero-order chi connectivity index (χ0) is 13.4. The molecule has 0 aliphatic carbocycles. The van der Waals surface area contributed by atoms with Gasteiger partial charge in [0.15, 0.2) is 0 Å². The molecule has 0 amide bonds. The van der Waals surface area contributed by atoms with Crippen molar-refractivity contribution in [1.82, 2.24) is 0 Å². The molecule has 0 heterocycles. The van der Waals surface area contributed by atoms with Crippen molar-refractivity contribution in [2.24, 2.45) is 5.73 Å². The maximum Gasteiger partial charge on any atom is 0.0701 e. The fraction of sp³-hybridized carbons (Fsp3) is 0.600. The summed E-state index contributed by atoms with van der Waals surface area (Å²) in [5.41, 5.74) is 9.79. The normalized spacial score (nSPS) is 12.7. The van der Waals surface area contributed by atoms with Crippen molar-refractivity contribution in [1.29, 1.82) is 0 Å². The first-order chi connectivity index (χ1) is 8.65. The van der Waals surface area contributed by atoms with Crippen LogP contribution in [0.4, 0.5) is 0 Å². The lowest BCUT2D eigenvalue weighted by Crippen LogP contribution is -2.19. The first-order valence-corrected chi connectivity index (χ1v) is 6.63. The van der Waals surface area contributed by atoms with Gasteiger partial charge in [0, 0.05) is 6.61 Å². The largest absolute Gasteiger partial charge is 0.379 e. The van der Waals surface area contributed by atoms with Gasteiger partial charge in [-0.1, -0.05) is 25.1 Å². The molecule has 0 radical (unpaired) electrons. The van der Waals surface area contributed by atoms with E-state index in [1.165, 1.54) is 11.1 Å². The third kappa shape index (κ3) is 5.17. The van der Waals surface area contributed by atoms with Gasteiger partial charge in [0.25, 0.3) is 0 Å². The highest BCUT2D eigenvalue weighted by Gasteiger charge is 2.06. The fourth-order valence-corrected chi connectivity index (χ4v) is 1.67. The Morgan fingerprint density at radius 2 is 1.78 bits per heavy atom. The molecule has 1 rings (SSSR count). The predicted octanol–water partition coefficient (Wildman–Crippen LogP) is 2.75. The number of benzene rings is 1.